The van der Waals surface area contributed by atoms with Crippen LogP contribution in [0.5, 0.6) is 5.75 Å². The molecule has 2 aromatic rings. The van der Waals surface area contributed by atoms with Gasteiger partial charge in [0.15, 0.2) is 11.6 Å². The van der Waals surface area contributed by atoms with Crippen LogP contribution in [0.3, 0.4) is 0 Å². The highest BCUT2D eigenvalue weighted by atomic mass is 35.5. The molecule has 1 aliphatic heterocycles. The van der Waals surface area contributed by atoms with Crippen LogP contribution in [0.15, 0.2) is 22.2 Å². The van der Waals surface area contributed by atoms with Gasteiger partial charge in [0.1, 0.15) is 5.71 Å². The standard InChI is InChI=1S/C13H13ClN6O3S/c1-6-11(13-17-16-7(2)20(13)18-6)15-8-4-9(14)12(21)10(5-8)19-24(3,22)23/h4-5,19,21H,1-3H3. The summed E-state index contributed by atoms with van der Waals surface area (Å²) in [5, 5.41) is 22.1. The molecule has 11 heteroatoms. The topological polar surface area (TPSA) is 122 Å². The molecule has 2 heterocycles. The fraction of sp³-hybridized carbons (Fsp3) is 0.231. The van der Waals surface area contributed by atoms with Gasteiger partial charge in [0.2, 0.25) is 15.8 Å². The normalized spacial score (nSPS) is 15.5. The van der Waals surface area contributed by atoms with Crippen LogP contribution in [0.25, 0.3) is 0 Å². The van der Waals surface area contributed by atoms with Gasteiger partial charge in [-0.2, -0.15) is 9.78 Å². The molecule has 0 fully saturated rings. The zero-order valence-electron chi connectivity index (χ0n) is 12.9. The van der Waals surface area contributed by atoms with E-state index in [1.54, 1.807) is 18.5 Å². The van der Waals surface area contributed by atoms with Gasteiger partial charge >= 0.3 is 0 Å². The third-order valence-electron chi connectivity index (χ3n) is 3.19. The molecule has 0 saturated carbocycles. The van der Waals surface area contributed by atoms with Crippen LogP contribution in [-0.4, -0.2) is 46.1 Å². The lowest BCUT2D eigenvalue weighted by Gasteiger charge is -2.09. The Morgan fingerprint density at radius 2 is 2.00 bits per heavy atom. The predicted molar refractivity (Wildman–Crippen MR) is 91.0 cm³/mol. The molecular weight excluding hydrogens is 356 g/mol. The lowest BCUT2D eigenvalue weighted by atomic mass is 10.2. The SMILES string of the molecule is CC1=Nn2c(C)nnc2C1=Nc1cc(Cl)c(O)c(NS(C)(=O)=O)c1. The van der Waals surface area contributed by atoms with Gasteiger partial charge in [-0.1, -0.05) is 11.6 Å². The molecular formula is C13H13ClN6O3S. The van der Waals surface area contributed by atoms with Gasteiger partial charge in [-0.3, -0.25) is 4.72 Å². The number of phenols is 1. The van der Waals surface area contributed by atoms with Crippen molar-refractivity contribution in [3.05, 3.63) is 28.8 Å². The van der Waals surface area contributed by atoms with Crippen LogP contribution in [0, 0.1) is 6.92 Å². The fourth-order valence-electron chi connectivity index (χ4n) is 2.17. The number of aromatic nitrogens is 3. The van der Waals surface area contributed by atoms with Crippen molar-refractivity contribution in [2.75, 3.05) is 11.0 Å². The molecule has 0 saturated heterocycles. The van der Waals surface area contributed by atoms with Crippen molar-refractivity contribution in [1.29, 1.82) is 0 Å². The summed E-state index contributed by atoms with van der Waals surface area (Å²) in [6.45, 7) is 3.53. The molecule has 1 aliphatic rings. The van der Waals surface area contributed by atoms with Crippen molar-refractivity contribution in [2.24, 2.45) is 10.1 Å². The number of halogens is 1. The number of aliphatic imine (C=N–C) groups is 1. The van der Waals surface area contributed by atoms with E-state index in [4.69, 9.17) is 11.6 Å². The number of aromatic hydroxyl groups is 1. The van der Waals surface area contributed by atoms with Crippen LogP contribution >= 0.6 is 11.6 Å². The molecule has 0 unspecified atom stereocenters. The predicted octanol–water partition coefficient (Wildman–Crippen LogP) is 1.68. The number of phenolic OH excluding ortho intramolecular Hbond substituents is 1. The van der Waals surface area contributed by atoms with E-state index in [0.717, 1.165) is 6.26 Å². The smallest absolute Gasteiger partial charge is 0.229 e. The highest BCUT2D eigenvalue weighted by Gasteiger charge is 2.24. The molecule has 24 heavy (non-hydrogen) atoms. The van der Waals surface area contributed by atoms with Crippen molar-refractivity contribution < 1.29 is 13.5 Å². The quantitative estimate of drug-likeness (QED) is 0.798. The van der Waals surface area contributed by atoms with Crippen LogP contribution in [0.1, 0.15) is 18.6 Å². The van der Waals surface area contributed by atoms with E-state index < -0.39 is 10.0 Å². The van der Waals surface area contributed by atoms with Crippen molar-refractivity contribution in [2.45, 2.75) is 13.8 Å². The van der Waals surface area contributed by atoms with E-state index in [9.17, 15) is 13.5 Å². The van der Waals surface area contributed by atoms with E-state index in [1.165, 1.54) is 12.1 Å². The summed E-state index contributed by atoms with van der Waals surface area (Å²) in [6, 6.07) is 2.78. The number of hydrogen-bond donors (Lipinski definition) is 2. The van der Waals surface area contributed by atoms with Gasteiger partial charge in [-0.05, 0) is 26.0 Å². The van der Waals surface area contributed by atoms with Gasteiger partial charge in [0.25, 0.3) is 0 Å². The molecule has 0 spiro atoms. The first-order valence-electron chi connectivity index (χ1n) is 6.73. The first-order chi connectivity index (χ1) is 11.2. The van der Waals surface area contributed by atoms with Gasteiger partial charge < -0.3 is 5.11 Å². The molecule has 0 amide bonds. The van der Waals surface area contributed by atoms with Crippen molar-refractivity contribution in [1.82, 2.24) is 14.9 Å². The monoisotopic (exact) mass is 368 g/mol. The minimum atomic E-state index is -3.58. The molecule has 0 radical (unpaired) electrons. The summed E-state index contributed by atoms with van der Waals surface area (Å²) in [4.78, 5) is 4.42. The van der Waals surface area contributed by atoms with Crippen LogP contribution < -0.4 is 4.72 Å². The average molecular weight is 369 g/mol. The second-order valence-corrected chi connectivity index (χ2v) is 7.38. The van der Waals surface area contributed by atoms with Gasteiger partial charge in [0.05, 0.1) is 28.4 Å². The summed E-state index contributed by atoms with van der Waals surface area (Å²) in [6.07, 6.45) is 0.970. The Morgan fingerprint density at radius 1 is 1.29 bits per heavy atom. The molecule has 0 atom stereocenters. The minimum absolute atomic E-state index is 0.0340. The van der Waals surface area contributed by atoms with E-state index >= 15 is 0 Å². The number of aryl methyl sites for hydroxylation is 1. The number of benzene rings is 1. The second-order valence-electron chi connectivity index (χ2n) is 5.23. The Hall–Kier alpha value is -2.46. The maximum Gasteiger partial charge on any atom is 0.229 e. The van der Waals surface area contributed by atoms with Gasteiger partial charge in [-0.25, -0.2) is 13.4 Å². The Balaban J connectivity index is 2.10. The molecule has 126 valence electrons. The third-order valence-corrected chi connectivity index (χ3v) is 4.06. The number of sulfonamides is 1. The number of fused-ring (bicyclic) bond motifs is 1. The summed E-state index contributed by atoms with van der Waals surface area (Å²) < 4.78 is 26.5. The number of rotatable bonds is 3. The lowest BCUT2D eigenvalue weighted by Crippen LogP contribution is -2.10. The van der Waals surface area contributed by atoms with Crippen LogP contribution in [0.4, 0.5) is 11.4 Å². The number of hydrogen-bond acceptors (Lipinski definition) is 7. The minimum Gasteiger partial charge on any atom is -0.504 e. The van der Waals surface area contributed by atoms with E-state index in [-0.39, 0.29) is 16.5 Å². The average Bonchev–Trinajstić information content (AvgIpc) is 2.95. The summed E-state index contributed by atoms with van der Waals surface area (Å²) in [5.74, 6) is 0.728. The highest BCUT2D eigenvalue weighted by molar-refractivity contribution is 7.92. The Morgan fingerprint density at radius 3 is 2.67 bits per heavy atom. The van der Waals surface area contributed by atoms with E-state index in [0.29, 0.717) is 28.8 Å². The summed E-state index contributed by atoms with van der Waals surface area (Å²) in [5.41, 5.74) is 1.39. The summed E-state index contributed by atoms with van der Waals surface area (Å²) >= 11 is 5.96. The molecule has 9 nitrogen and oxygen atoms in total. The zero-order chi connectivity index (χ0) is 17.6. The molecule has 3 rings (SSSR count). The highest BCUT2D eigenvalue weighted by Crippen LogP contribution is 2.37. The lowest BCUT2D eigenvalue weighted by molar-refractivity contribution is 0.478. The molecule has 0 aliphatic carbocycles. The van der Waals surface area contributed by atoms with Crippen LogP contribution in [0.2, 0.25) is 5.02 Å². The Bertz CT molecular complexity index is 1010. The molecule has 0 bridgehead atoms. The first-order valence-corrected chi connectivity index (χ1v) is 9.00. The first kappa shape index (κ1) is 16.4. The summed E-state index contributed by atoms with van der Waals surface area (Å²) in [7, 11) is -3.58. The number of anilines is 1. The van der Waals surface area contributed by atoms with Crippen LogP contribution in [-0.2, 0) is 10.0 Å². The van der Waals surface area contributed by atoms with Gasteiger partial charge in [0, 0.05) is 0 Å². The Labute approximate surface area is 142 Å². The van der Waals surface area contributed by atoms with Gasteiger partial charge in [-0.15, -0.1) is 10.2 Å². The zero-order valence-corrected chi connectivity index (χ0v) is 14.5. The Kier molecular flexibility index (Phi) is 3.80. The second kappa shape index (κ2) is 5.56. The molecule has 2 N–H and O–H groups in total. The molecule has 1 aromatic heterocycles. The van der Waals surface area contributed by atoms with Crippen molar-refractivity contribution >= 4 is 44.4 Å². The molecule has 1 aromatic carbocycles. The maximum absolute atomic E-state index is 11.4. The fourth-order valence-corrected chi connectivity index (χ4v) is 2.94. The largest absolute Gasteiger partial charge is 0.504 e. The van der Waals surface area contributed by atoms with E-state index in [2.05, 4.69) is 25.0 Å². The third kappa shape index (κ3) is 2.97. The van der Waals surface area contributed by atoms with E-state index in [1.807, 2.05) is 0 Å². The number of nitrogens with zero attached hydrogens (tertiary/aromatic N) is 5. The maximum atomic E-state index is 11.4. The van der Waals surface area contributed by atoms with Crippen molar-refractivity contribution in [3.63, 3.8) is 0 Å². The number of nitrogens with one attached hydrogen (secondary N) is 1. The van der Waals surface area contributed by atoms with Crippen molar-refractivity contribution in [3.8, 4) is 5.75 Å².